The Morgan fingerprint density at radius 1 is 0.279 bits per heavy atom. The molecule has 4 atom stereocenters. The van der Waals surface area contributed by atoms with Crippen molar-refractivity contribution >= 4 is 53.9 Å². The SMILES string of the molecule is CC1=[C-]C(C)C=C1c1ccccc1F.CC1=[C-]C(C)C=C1c1ccccc1F.CC1=[C-]C(C)C=C1c1ccccc1F.CC1=[C-]C(C)C=C1c1ccccc1F.[Cl-].[Cl-].[Zr+2]=[Si](c1ccccc1)c1ccccc1.[Zr+2]=[Si](c1ccccc1)c1ccccc1. The molecule has 12 rings (SSSR count). The van der Waals surface area contributed by atoms with Gasteiger partial charge < -0.3 is 24.8 Å². The van der Waals surface area contributed by atoms with E-state index in [9.17, 15) is 17.6 Å². The molecule has 0 radical (unpaired) electrons. The molecule has 8 aromatic carbocycles. The summed E-state index contributed by atoms with van der Waals surface area (Å²) in [6.45, 7) is 16.1. The second-order valence-corrected chi connectivity index (χ2v) is 31.9. The topological polar surface area (TPSA) is 0 Å². The first-order valence-corrected chi connectivity index (χ1v) is 38.5. The number of allylic oxidation sites excluding steroid dienone is 16. The van der Waals surface area contributed by atoms with Crippen LogP contribution in [-0.2, 0) is 46.7 Å². The molecule has 10 heteroatoms. The van der Waals surface area contributed by atoms with Crippen molar-refractivity contribution < 1.29 is 89.0 Å². The Morgan fingerprint density at radius 3 is 0.593 bits per heavy atom. The van der Waals surface area contributed by atoms with E-state index in [2.05, 4.69) is 173 Å². The van der Waals surface area contributed by atoms with Crippen LogP contribution in [0.1, 0.15) is 77.6 Å². The third kappa shape index (κ3) is 20.6. The molecule has 86 heavy (non-hydrogen) atoms. The van der Waals surface area contributed by atoms with E-state index in [1.807, 2.05) is 101 Å². The van der Waals surface area contributed by atoms with Gasteiger partial charge in [-0.1, -0.05) is 174 Å². The van der Waals surface area contributed by atoms with Crippen molar-refractivity contribution in [2.75, 3.05) is 0 Å². The molecule has 4 aliphatic rings. The second kappa shape index (κ2) is 35.9. The van der Waals surface area contributed by atoms with Crippen LogP contribution in [0.25, 0.3) is 22.3 Å². The van der Waals surface area contributed by atoms with Gasteiger partial charge in [0.15, 0.2) is 0 Å². The fraction of sp³-hybridized carbons (Fsp3) is 0.158. The minimum atomic E-state index is -0.455. The summed E-state index contributed by atoms with van der Waals surface area (Å²) >= 11 is 3.29. The van der Waals surface area contributed by atoms with Crippen LogP contribution in [0.2, 0.25) is 0 Å². The molecule has 0 saturated carbocycles. The number of benzene rings is 8. The van der Waals surface area contributed by atoms with E-state index < -0.39 is 10.9 Å². The number of halogens is 6. The fourth-order valence-corrected chi connectivity index (χ4v) is 17.7. The predicted octanol–water partition coefficient (Wildman–Crippen LogP) is 11.1. The van der Waals surface area contributed by atoms with E-state index in [0.29, 0.717) is 45.9 Å². The molecule has 4 unspecified atom stereocenters. The molecule has 0 nitrogen and oxygen atoms in total. The molecule has 4 aliphatic carbocycles. The standard InChI is InChI=1S/4C13H12F.2C12H10Si.2ClH.2Zr/c4*1-9-7-10(2)12(8-9)11-5-3-4-6-13(11)14;2*1-3-7-11(8-4-1)13-12-9-5-2-6-10-12;;;;/h4*3-6,8-9H,1-2H3;2*1-10H;2*1H;;/q4*-1;;;;;2*+2/p-2. The quantitative estimate of drug-likeness (QED) is 0.0808. The summed E-state index contributed by atoms with van der Waals surface area (Å²) < 4.78 is 53.8. The molecule has 0 heterocycles. The average Bonchev–Trinajstić information content (AvgIpc) is 2.80. The van der Waals surface area contributed by atoms with Gasteiger partial charge in [0.2, 0.25) is 0 Å². The van der Waals surface area contributed by atoms with E-state index in [0.717, 1.165) is 44.6 Å². The first-order chi connectivity index (χ1) is 40.5. The summed E-state index contributed by atoms with van der Waals surface area (Å²) in [5.74, 6) is 0.550. The average molecular weight is 1370 g/mol. The van der Waals surface area contributed by atoms with Crippen LogP contribution in [0.5, 0.6) is 0 Å². The Morgan fingerprint density at radius 2 is 0.442 bits per heavy atom. The van der Waals surface area contributed by atoms with Crippen LogP contribution in [0.15, 0.2) is 265 Å². The van der Waals surface area contributed by atoms with E-state index in [1.54, 1.807) is 70.9 Å². The van der Waals surface area contributed by atoms with Crippen LogP contribution < -0.4 is 45.6 Å². The number of rotatable bonds is 8. The summed E-state index contributed by atoms with van der Waals surface area (Å²) in [7, 11) is 0. The Kier molecular flexibility index (Phi) is 29.6. The zero-order chi connectivity index (χ0) is 60.1. The van der Waals surface area contributed by atoms with Gasteiger partial charge in [0.1, 0.15) is 23.3 Å². The van der Waals surface area contributed by atoms with Gasteiger partial charge in [-0.25, -0.2) is 39.9 Å². The van der Waals surface area contributed by atoms with Crippen molar-refractivity contribution in [1.82, 2.24) is 0 Å². The summed E-state index contributed by atoms with van der Waals surface area (Å²) in [5, 5.41) is 6.06. The Hall–Kier alpha value is -5.82. The van der Waals surface area contributed by atoms with Crippen LogP contribution >= 0.6 is 0 Å². The zero-order valence-corrected chi connectivity index (χ0v) is 58.1. The fourth-order valence-electron chi connectivity index (χ4n) is 9.98. The van der Waals surface area contributed by atoms with Gasteiger partial charge in [-0.3, -0.25) is 24.3 Å². The molecule has 0 aromatic heterocycles. The summed E-state index contributed by atoms with van der Waals surface area (Å²) in [6.07, 6.45) is 21.2. The molecule has 8 aromatic rings. The van der Waals surface area contributed by atoms with Gasteiger partial charge >= 0.3 is 200 Å². The molecule has 0 amide bonds. The summed E-state index contributed by atoms with van der Waals surface area (Å²) in [4.78, 5) is 0. The molecular weight excluding hydrogens is 1300 g/mol. The molecule has 0 spiro atoms. The van der Waals surface area contributed by atoms with E-state index >= 15 is 0 Å². The Balaban J connectivity index is 0.000000187. The first-order valence-electron chi connectivity index (χ1n) is 28.2. The van der Waals surface area contributed by atoms with Gasteiger partial charge in [0, 0.05) is 0 Å². The van der Waals surface area contributed by atoms with Crippen molar-refractivity contribution in [2.45, 2.75) is 55.4 Å². The van der Waals surface area contributed by atoms with Crippen molar-refractivity contribution in [3.8, 4) is 0 Å². The van der Waals surface area contributed by atoms with Crippen LogP contribution in [0.3, 0.4) is 0 Å². The zero-order valence-electron chi connectivity index (χ0n) is 49.7. The minimum absolute atomic E-state index is 0. The Labute approximate surface area is 551 Å². The molecule has 0 bridgehead atoms. The molecular formula is C76H68Cl2F4Si2Zr2-2. The van der Waals surface area contributed by atoms with Gasteiger partial charge in [-0.2, -0.15) is 46.6 Å². The Bertz CT molecular complexity index is 3320. The molecule has 0 N–H and O–H groups in total. The maximum absolute atomic E-state index is 13.5. The summed E-state index contributed by atoms with van der Waals surface area (Å²) in [5.41, 5.74) is 9.92. The predicted molar refractivity (Wildman–Crippen MR) is 340 cm³/mol. The van der Waals surface area contributed by atoms with Crippen molar-refractivity contribution in [3.05, 3.63) is 335 Å². The van der Waals surface area contributed by atoms with Crippen LogP contribution in [0, 0.1) is 71.2 Å². The van der Waals surface area contributed by atoms with E-state index in [-0.39, 0.29) is 48.1 Å². The van der Waals surface area contributed by atoms with Gasteiger partial charge in [-0.15, -0.1) is 0 Å². The molecule has 0 aliphatic heterocycles. The van der Waals surface area contributed by atoms with E-state index in [4.69, 9.17) is 0 Å². The van der Waals surface area contributed by atoms with Crippen molar-refractivity contribution in [1.29, 1.82) is 0 Å². The number of hydrogen-bond donors (Lipinski definition) is 0. The molecule has 0 saturated heterocycles. The van der Waals surface area contributed by atoms with Gasteiger partial charge in [0.25, 0.3) is 0 Å². The van der Waals surface area contributed by atoms with Crippen molar-refractivity contribution in [3.63, 3.8) is 0 Å². The van der Waals surface area contributed by atoms with Crippen LogP contribution in [-0.4, -0.2) is 10.9 Å². The van der Waals surface area contributed by atoms with Gasteiger partial charge in [0.05, 0.1) is 0 Å². The third-order valence-electron chi connectivity index (χ3n) is 14.0. The first kappa shape index (κ1) is 70.9. The number of hydrogen-bond acceptors (Lipinski definition) is 0. The molecule has 432 valence electrons. The third-order valence-corrected chi connectivity index (χ3v) is 26.1. The van der Waals surface area contributed by atoms with Crippen molar-refractivity contribution in [2.24, 2.45) is 23.7 Å². The monoisotopic (exact) mass is 1360 g/mol. The normalized spacial score (nSPS) is 16.7. The second-order valence-electron chi connectivity index (χ2n) is 20.7. The summed E-state index contributed by atoms with van der Waals surface area (Å²) in [6, 6.07) is 70.8. The van der Waals surface area contributed by atoms with Crippen LogP contribution in [0.4, 0.5) is 17.6 Å². The van der Waals surface area contributed by atoms with E-state index in [1.165, 1.54) is 45.0 Å². The van der Waals surface area contributed by atoms with Gasteiger partial charge in [-0.05, 0) is 24.3 Å². The maximum atomic E-state index is 13.5. The molecule has 0 fully saturated rings.